The number of rotatable bonds is 5. The highest BCUT2D eigenvalue weighted by molar-refractivity contribution is 7.90. The van der Waals surface area contributed by atoms with Crippen molar-refractivity contribution in [3.8, 4) is 11.1 Å². The number of halogens is 1. The fraction of sp³-hybridized carbons (Fsp3) is 0.0870. The van der Waals surface area contributed by atoms with Crippen LogP contribution in [0.25, 0.3) is 22.1 Å². The van der Waals surface area contributed by atoms with E-state index in [1.54, 1.807) is 54.6 Å². The lowest BCUT2D eigenvalue weighted by Crippen LogP contribution is -2.12. The van der Waals surface area contributed by atoms with Gasteiger partial charge in [-0.3, -0.25) is 9.57 Å². The summed E-state index contributed by atoms with van der Waals surface area (Å²) in [6.07, 6.45) is 1.38. The Balaban J connectivity index is 1.59. The van der Waals surface area contributed by atoms with Crippen molar-refractivity contribution in [1.82, 2.24) is 0 Å². The summed E-state index contributed by atoms with van der Waals surface area (Å²) >= 11 is 0. The summed E-state index contributed by atoms with van der Waals surface area (Å²) in [5.41, 5.74) is 9.62. The lowest BCUT2D eigenvalue weighted by Gasteiger charge is -2.10. The van der Waals surface area contributed by atoms with Gasteiger partial charge in [0.25, 0.3) is 5.91 Å². The molecule has 1 unspecified atom stereocenters. The zero-order valence-corrected chi connectivity index (χ0v) is 17.5. The van der Waals surface area contributed by atoms with Crippen LogP contribution in [0.4, 0.5) is 15.8 Å². The van der Waals surface area contributed by atoms with Crippen molar-refractivity contribution in [2.24, 2.45) is 0 Å². The Morgan fingerprint density at radius 1 is 1.06 bits per heavy atom. The maximum Gasteiger partial charge on any atom is 0.291 e. The van der Waals surface area contributed by atoms with Crippen molar-refractivity contribution in [2.75, 3.05) is 17.3 Å². The molecule has 1 atom stereocenters. The molecule has 0 saturated heterocycles. The lowest BCUT2D eigenvalue weighted by atomic mass is 10.0. The van der Waals surface area contributed by atoms with Crippen LogP contribution in [0.1, 0.15) is 16.1 Å². The Hall–Kier alpha value is -3.65. The highest BCUT2D eigenvalue weighted by Crippen LogP contribution is 2.29. The lowest BCUT2D eigenvalue weighted by molar-refractivity contribution is 0.0998. The van der Waals surface area contributed by atoms with Crippen molar-refractivity contribution < 1.29 is 17.8 Å². The highest BCUT2D eigenvalue weighted by Gasteiger charge is 2.15. The Morgan fingerprint density at radius 2 is 1.77 bits per heavy atom. The number of nitrogens with one attached hydrogen (secondary N) is 2. The topological polar surface area (TPSA) is 109 Å². The van der Waals surface area contributed by atoms with E-state index in [4.69, 9.17) is 14.9 Å². The van der Waals surface area contributed by atoms with Crippen LogP contribution in [-0.4, -0.2) is 16.4 Å². The van der Waals surface area contributed by atoms with Crippen LogP contribution in [0, 0.1) is 10.6 Å². The van der Waals surface area contributed by atoms with Crippen LogP contribution in [0.2, 0.25) is 0 Å². The van der Waals surface area contributed by atoms with E-state index in [1.165, 1.54) is 18.4 Å². The number of carbonyl (C=O) groups excluding carboxylic acids is 1. The van der Waals surface area contributed by atoms with Crippen molar-refractivity contribution in [1.29, 1.82) is 4.78 Å². The van der Waals surface area contributed by atoms with E-state index in [9.17, 15) is 13.4 Å². The van der Waals surface area contributed by atoms with Crippen LogP contribution in [0.15, 0.2) is 71.1 Å². The monoisotopic (exact) mass is 437 g/mol. The van der Waals surface area contributed by atoms with Gasteiger partial charge in [0, 0.05) is 21.4 Å². The van der Waals surface area contributed by atoms with E-state index in [0.717, 1.165) is 16.7 Å². The molecule has 1 amide bonds. The summed E-state index contributed by atoms with van der Waals surface area (Å²) in [5.74, 6) is -0.574. The van der Waals surface area contributed by atoms with Crippen molar-refractivity contribution in [2.45, 2.75) is 5.75 Å². The second-order valence-corrected chi connectivity index (χ2v) is 9.69. The average molecular weight is 437 g/mol. The maximum absolute atomic E-state index is 13.2. The fourth-order valence-electron chi connectivity index (χ4n) is 3.28. The third-order valence-corrected chi connectivity index (χ3v) is 5.61. The van der Waals surface area contributed by atoms with Crippen LogP contribution < -0.4 is 11.1 Å². The predicted molar refractivity (Wildman–Crippen MR) is 121 cm³/mol. The van der Waals surface area contributed by atoms with Crippen molar-refractivity contribution in [3.63, 3.8) is 0 Å². The van der Waals surface area contributed by atoms with Gasteiger partial charge >= 0.3 is 0 Å². The summed E-state index contributed by atoms with van der Waals surface area (Å²) in [6.45, 7) is 0. The van der Waals surface area contributed by atoms with Crippen LogP contribution in [-0.2, 0) is 15.5 Å². The van der Waals surface area contributed by atoms with Gasteiger partial charge in [-0.2, -0.15) is 0 Å². The molecule has 4 aromatic rings. The van der Waals surface area contributed by atoms with Crippen LogP contribution >= 0.6 is 0 Å². The molecule has 0 radical (unpaired) electrons. The Labute approximate surface area is 178 Å². The maximum atomic E-state index is 13.2. The SMILES string of the molecule is CS(=N)(=O)Cc1ccc2oc(C(=O)Nc3cc(-c4ccc(F)cc4)ccc3N)cc2c1. The number of carbonyl (C=O) groups is 1. The molecule has 4 rings (SSSR count). The number of nitrogens with two attached hydrogens (primary N) is 1. The van der Waals surface area contributed by atoms with Gasteiger partial charge in [0.15, 0.2) is 5.76 Å². The quantitative estimate of drug-likeness (QED) is 0.370. The van der Waals surface area contributed by atoms with Gasteiger partial charge in [-0.1, -0.05) is 24.3 Å². The summed E-state index contributed by atoms with van der Waals surface area (Å²) in [5, 5.41) is 3.43. The zero-order valence-electron chi connectivity index (χ0n) is 16.6. The normalized spacial score (nSPS) is 13.1. The van der Waals surface area contributed by atoms with Gasteiger partial charge in [0.05, 0.1) is 17.1 Å². The first-order valence-corrected chi connectivity index (χ1v) is 11.5. The molecule has 6 nitrogen and oxygen atoms in total. The van der Waals surface area contributed by atoms with Crippen LogP contribution in [0.3, 0.4) is 0 Å². The van der Waals surface area contributed by atoms with Gasteiger partial charge in [0.1, 0.15) is 11.4 Å². The second-order valence-electron chi connectivity index (χ2n) is 7.40. The molecular weight excluding hydrogens is 417 g/mol. The first-order chi connectivity index (χ1) is 14.7. The minimum absolute atomic E-state index is 0.0989. The zero-order chi connectivity index (χ0) is 22.2. The molecule has 0 fully saturated rings. The molecule has 1 heterocycles. The molecule has 0 aliphatic heterocycles. The molecule has 0 aliphatic carbocycles. The highest BCUT2D eigenvalue weighted by atomic mass is 32.2. The Morgan fingerprint density at radius 3 is 2.48 bits per heavy atom. The Bertz CT molecular complexity index is 1390. The predicted octanol–water partition coefficient (Wildman–Crippen LogP) is 5.25. The summed E-state index contributed by atoms with van der Waals surface area (Å²) in [4.78, 5) is 12.8. The van der Waals surface area contributed by atoms with Gasteiger partial charge in [-0.15, -0.1) is 0 Å². The van der Waals surface area contributed by atoms with Crippen LogP contribution in [0.5, 0.6) is 0 Å². The number of amides is 1. The number of furan rings is 1. The minimum Gasteiger partial charge on any atom is -0.451 e. The largest absolute Gasteiger partial charge is 0.451 e. The van der Waals surface area contributed by atoms with E-state index in [1.807, 2.05) is 0 Å². The summed E-state index contributed by atoms with van der Waals surface area (Å²) in [6, 6.07) is 18.0. The molecule has 1 aromatic heterocycles. The molecule has 8 heteroatoms. The van der Waals surface area contributed by atoms with E-state index < -0.39 is 15.6 Å². The molecule has 0 spiro atoms. The van der Waals surface area contributed by atoms with Gasteiger partial charge < -0.3 is 15.5 Å². The van der Waals surface area contributed by atoms with E-state index in [0.29, 0.717) is 22.3 Å². The van der Waals surface area contributed by atoms with Gasteiger partial charge in [-0.05, 0) is 59.2 Å². The minimum atomic E-state index is -2.67. The Kier molecular flexibility index (Phi) is 5.24. The molecule has 0 aliphatic rings. The average Bonchev–Trinajstić information content (AvgIpc) is 3.12. The fourth-order valence-corrected chi connectivity index (χ4v) is 4.10. The third-order valence-electron chi connectivity index (χ3n) is 4.73. The number of hydrogen-bond acceptors (Lipinski definition) is 5. The molecule has 0 bridgehead atoms. The first-order valence-electron chi connectivity index (χ1n) is 9.39. The standard InChI is InChI=1S/C23H20FN3O3S/c1-31(26,29)13-14-2-9-21-17(10-14)12-22(30-21)23(28)27-20-11-16(5-8-19(20)25)15-3-6-18(24)7-4-15/h2-12,26H,13,25H2,1H3,(H,27,28). The molecule has 31 heavy (non-hydrogen) atoms. The van der Waals surface area contributed by atoms with Gasteiger partial charge in [0.2, 0.25) is 0 Å². The molecule has 158 valence electrons. The number of fused-ring (bicyclic) bond motifs is 1. The third kappa shape index (κ3) is 4.75. The second kappa shape index (κ2) is 7.88. The first kappa shape index (κ1) is 20.6. The van der Waals surface area contributed by atoms with Crippen molar-refractivity contribution >= 4 is 38.0 Å². The van der Waals surface area contributed by atoms with Crippen molar-refractivity contribution in [3.05, 3.63) is 83.9 Å². The molecule has 4 N–H and O–H groups in total. The number of hydrogen-bond donors (Lipinski definition) is 3. The molecule has 0 saturated carbocycles. The number of benzene rings is 3. The number of nitrogen functional groups attached to an aromatic ring is 1. The molecular formula is C23H20FN3O3S. The van der Waals surface area contributed by atoms with Gasteiger partial charge in [-0.25, -0.2) is 8.60 Å². The smallest absolute Gasteiger partial charge is 0.291 e. The number of anilines is 2. The van der Waals surface area contributed by atoms with E-state index >= 15 is 0 Å². The summed E-state index contributed by atoms with van der Waals surface area (Å²) < 4.78 is 38.2. The molecule has 3 aromatic carbocycles. The van der Waals surface area contributed by atoms with E-state index in [-0.39, 0.29) is 17.3 Å². The summed E-state index contributed by atoms with van der Waals surface area (Å²) in [7, 11) is -2.67. The van der Waals surface area contributed by atoms with E-state index in [2.05, 4.69) is 5.32 Å².